The summed E-state index contributed by atoms with van der Waals surface area (Å²) in [6, 6.07) is 9.58. The van der Waals surface area contributed by atoms with Gasteiger partial charge in [0.2, 0.25) is 0 Å². The molecule has 0 aliphatic carbocycles. The summed E-state index contributed by atoms with van der Waals surface area (Å²) in [4.78, 5) is 12.1. The van der Waals surface area contributed by atoms with Crippen LogP contribution in [0.4, 0.5) is 0 Å². The first-order chi connectivity index (χ1) is 11.3. The third-order valence-corrected chi connectivity index (χ3v) is 4.82. The van der Waals surface area contributed by atoms with Gasteiger partial charge in [0.1, 0.15) is 11.5 Å². The first kappa shape index (κ1) is 18.5. The fourth-order valence-electron chi connectivity index (χ4n) is 2.32. The number of carbonyl (C=O) groups excluding carboxylic acids is 1. The number of esters is 1. The summed E-state index contributed by atoms with van der Waals surface area (Å²) < 4.78 is 12.1. The van der Waals surface area contributed by atoms with E-state index in [9.17, 15) is 4.79 Å². The van der Waals surface area contributed by atoms with Crippen LogP contribution >= 0.6 is 15.9 Å². The predicted octanol–water partition coefficient (Wildman–Crippen LogP) is 5.48. The van der Waals surface area contributed by atoms with Gasteiger partial charge in [0.05, 0.1) is 0 Å². The molecule has 0 aliphatic rings. The van der Waals surface area contributed by atoms with Crippen molar-refractivity contribution < 1.29 is 14.3 Å². The van der Waals surface area contributed by atoms with Gasteiger partial charge in [-0.15, -0.1) is 0 Å². The van der Waals surface area contributed by atoms with Gasteiger partial charge in [0.25, 0.3) is 0 Å². The molecule has 4 heteroatoms. The van der Waals surface area contributed by atoms with Crippen LogP contribution in [0.5, 0.6) is 11.5 Å². The van der Waals surface area contributed by atoms with Crippen LogP contribution in [0.2, 0.25) is 0 Å². The van der Waals surface area contributed by atoms with E-state index in [4.69, 9.17) is 9.47 Å². The zero-order chi connectivity index (χ0) is 17.9. The highest BCUT2D eigenvalue weighted by Crippen LogP contribution is 2.32. The molecule has 0 aliphatic heterocycles. The molecule has 0 N–H and O–H groups in total. The Hall–Kier alpha value is -1.81. The Morgan fingerprint density at radius 2 is 1.75 bits per heavy atom. The summed E-state index contributed by atoms with van der Waals surface area (Å²) in [7, 11) is 0. The Balaban J connectivity index is 2.06. The van der Waals surface area contributed by atoms with E-state index in [0.717, 1.165) is 32.5 Å². The van der Waals surface area contributed by atoms with Crippen LogP contribution in [0.25, 0.3) is 0 Å². The number of benzene rings is 2. The largest absolute Gasteiger partial charge is 0.482 e. The maximum Gasteiger partial charge on any atom is 0.349 e. The highest BCUT2D eigenvalue weighted by atomic mass is 79.9. The molecule has 0 aromatic heterocycles. The summed E-state index contributed by atoms with van der Waals surface area (Å²) >= 11 is 3.54. The number of rotatable bonds is 5. The lowest BCUT2D eigenvalue weighted by atomic mass is 10.0. The molecule has 0 radical (unpaired) electrons. The van der Waals surface area contributed by atoms with Gasteiger partial charge >= 0.3 is 5.97 Å². The van der Waals surface area contributed by atoms with Gasteiger partial charge < -0.3 is 9.47 Å². The SMILES string of the molecule is Cc1ccc(OC(=O)COc2cc(C)c(Br)cc2C(C)C)cc1C. The molecule has 0 heterocycles. The van der Waals surface area contributed by atoms with Crippen molar-refractivity contribution in [1.82, 2.24) is 0 Å². The standard InChI is InChI=1S/C20H23BrO3/c1-12(2)17-10-18(21)15(5)9-19(17)23-11-20(22)24-16-7-6-13(3)14(4)8-16/h6-10,12H,11H2,1-5H3. The predicted molar refractivity (Wildman–Crippen MR) is 100 cm³/mol. The second kappa shape index (κ2) is 7.84. The zero-order valence-corrected chi connectivity index (χ0v) is 16.4. The van der Waals surface area contributed by atoms with Gasteiger partial charge in [-0.05, 0) is 73.2 Å². The Bertz CT molecular complexity index is 751. The highest BCUT2D eigenvalue weighted by molar-refractivity contribution is 9.10. The average molecular weight is 391 g/mol. The monoisotopic (exact) mass is 390 g/mol. The molecular weight excluding hydrogens is 368 g/mol. The summed E-state index contributed by atoms with van der Waals surface area (Å²) in [6.45, 7) is 10.1. The van der Waals surface area contributed by atoms with Crippen molar-refractivity contribution in [3.8, 4) is 11.5 Å². The number of aryl methyl sites for hydroxylation is 3. The molecular formula is C20H23BrO3. The Morgan fingerprint density at radius 3 is 2.38 bits per heavy atom. The molecule has 0 saturated carbocycles. The Labute approximate surface area is 152 Å². The summed E-state index contributed by atoms with van der Waals surface area (Å²) in [5, 5.41) is 0. The smallest absolute Gasteiger partial charge is 0.349 e. The minimum Gasteiger partial charge on any atom is -0.482 e. The maximum atomic E-state index is 12.1. The molecule has 128 valence electrons. The number of hydrogen-bond acceptors (Lipinski definition) is 3. The topological polar surface area (TPSA) is 35.5 Å². The van der Waals surface area contributed by atoms with E-state index in [1.54, 1.807) is 6.07 Å². The summed E-state index contributed by atoms with van der Waals surface area (Å²) in [6.07, 6.45) is 0. The molecule has 3 nitrogen and oxygen atoms in total. The van der Waals surface area contributed by atoms with Gasteiger partial charge in [0.15, 0.2) is 6.61 Å². The second-order valence-electron chi connectivity index (χ2n) is 6.30. The van der Waals surface area contributed by atoms with Gasteiger partial charge in [-0.25, -0.2) is 4.79 Å². The fraction of sp³-hybridized carbons (Fsp3) is 0.350. The molecule has 0 atom stereocenters. The van der Waals surface area contributed by atoms with E-state index in [2.05, 4.69) is 29.8 Å². The van der Waals surface area contributed by atoms with Crippen LogP contribution < -0.4 is 9.47 Å². The molecule has 0 fully saturated rings. The average Bonchev–Trinajstić information content (AvgIpc) is 2.51. The zero-order valence-electron chi connectivity index (χ0n) is 14.8. The summed E-state index contributed by atoms with van der Waals surface area (Å²) in [5.41, 5.74) is 4.38. The van der Waals surface area contributed by atoms with Crippen molar-refractivity contribution in [2.24, 2.45) is 0 Å². The van der Waals surface area contributed by atoms with Gasteiger partial charge in [-0.1, -0.05) is 35.8 Å². The first-order valence-electron chi connectivity index (χ1n) is 7.98. The van der Waals surface area contributed by atoms with Gasteiger partial charge in [0, 0.05) is 4.47 Å². The molecule has 2 aromatic carbocycles. The van der Waals surface area contributed by atoms with Crippen LogP contribution in [0.15, 0.2) is 34.8 Å². The second-order valence-corrected chi connectivity index (χ2v) is 7.16. The van der Waals surface area contributed by atoms with Crippen LogP contribution in [-0.4, -0.2) is 12.6 Å². The molecule has 0 bridgehead atoms. The first-order valence-corrected chi connectivity index (χ1v) is 8.78. The van der Waals surface area contributed by atoms with Gasteiger partial charge in [-0.2, -0.15) is 0 Å². The Morgan fingerprint density at radius 1 is 1.04 bits per heavy atom. The Kier molecular flexibility index (Phi) is 6.05. The van der Waals surface area contributed by atoms with E-state index >= 15 is 0 Å². The molecule has 24 heavy (non-hydrogen) atoms. The number of ether oxygens (including phenoxy) is 2. The number of halogens is 1. The summed E-state index contributed by atoms with van der Waals surface area (Å²) in [5.74, 6) is 1.16. The molecule has 2 rings (SSSR count). The lowest BCUT2D eigenvalue weighted by Crippen LogP contribution is -2.18. The highest BCUT2D eigenvalue weighted by Gasteiger charge is 2.13. The van der Waals surface area contributed by atoms with Crippen molar-refractivity contribution in [3.05, 3.63) is 57.1 Å². The molecule has 0 amide bonds. The quantitative estimate of drug-likeness (QED) is 0.500. The normalized spacial score (nSPS) is 10.8. The number of carbonyl (C=O) groups is 1. The van der Waals surface area contributed by atoms with Crippen molar-refractivity contribution in [2.75, 3.05) is 6.61 Å². The lowest BCUT2D eigenvalue weighted by Gasteiger charge is -2.16. The van der Waals surface area contributed by atoms with E-state index in [1.165, 1.54) is 0 Å². The molecule has 2 aromatic rings. The van der Waals surface area contributed by atoms with Crippen molar-refractivity contribution in [1.29, 1.82) is 0 Å². The molecule has 0 unspecified atom stereocenters. The van der Waals surface area contributed by atoms with E-state index in [-0.39, 0.29) is 6.61 Å². The molecule has 0 saturated heterocycles. The van der Waals surface area contributed by atoms with Crippen LogP contribution in [0.3, 0.4) is 0 Å². The third-order valence-electron chi connectivity index (χ3n) is 3.97. The van der Waals surface area contributed by atoms with E-state index < -0.39 is 5.97 Å². The van der Waals surface area contributed by atoms with Gasteiger partial charge in [-0.3, -0.25) is 0 Å². The van der Waals surface area contributed by atoms with E-state index in [0.29, 0.717) is 11.7 Å². The third kappa shape index (κ3) is 4.60. The maximum absolute atomic E-state index is 12.1. The number of hydrogen-bond donors (Lipinski definition) is 0. The van der Waals surface area contributed by atoms with Crippen LogP contribution in [0.1, 0.15) is 42.0 Å². The fourth-order valence-corrected chi connectivity index (χ4v) is 2.68. The van der Waals surface area contributed by atoms with Crippen molar-refractivity contribution in [3.63, 3.8) is 0 Å². The van der Waals surface area contributed by atoms with Crippen LogP contribution in [-0.2, 0) is 4.79 Å². The van der Waals surface area contributed by atoms with Crippen molar-refractivity contribution >= 4 is 21.9 Å². The van der Waals surface area contributed by atoms with Crippen LogP contribution in [0, 0.1) is 20.8 Å². The minimum atomic E-state index is -0.409. The van der Waals surface area contributed by atoms with E-state index in [1.807, 2.05) is 45.0 Å². The molecule has 0 spiro atoms. The van der Waals surface area contributed by atoms with Crippen molar-refractivity contribution in [2.45, 2.75) is 40.5 Å². The lowest BCUT2D eigenvalue weighted by molar-refractivity contribution is -0.136. The minimum absolute atomic E-state index is 0.117.